The highest BCUT2D eigenvalue weighted by Gasteiger charge is 2.19. The molecule has 4 aromatic heterocycles. The minimum absolute atomic E-state index is 0.270. The third kappa shape index (κ3) is 4.30. The summed E-state index contributed by atoms with van der Waals surface area (Å²) in [5.74, 6) is 0.578. The van der Waals surface area contributed by atoms with E-state index in [1.807, 2.05) is 49.4 Å². The molecule has 9 heteroatoms. The lowest BCUT2D eigenvalue weighted by molar-refractivity contribution is 0.102. The number of nitrogens with one attached hydrogen (secondary N) is 1. The minimum atomic E-state index is -0.270. The molecular weight excluding hydrogens is 458 g/mol. The molecule has 1 aromatic carbocycles. The Bertz CT molecular complexity index is 1450. The Morgan fingerprint density at radius 3 is 2.76 bits per heavy atom. The van der Waals surface area contributed by atoms with Crippen LogP contribution in [0, 0.1) is 6.92 Å². The number of halogens is 1. The number of carbonyl (C=O) groups excluding carboxylic acids is 1. The van der Waals surface area contributed by atoms with Crippen molar-refractivity contribution in [2.24, 2.45) is 0 Å². The fourth-order valence-electron chi connectivity index (χ4n) is 3.36. The molecule has 7 nitrogen and oxygen atoms in total. The van der Waals surface area contributed by atoms with Crippen molar-refractivity contribution in [2.75, 3.05) is 5.32 Å². The predicted molar refractivity (Wildman–Crippen MR) is 129 cm³/mol. The summed E-state index contributed by atoms with van der Waals surface area (Å²) in [6.07, 6.45) is 5.02. The first kappa shape index (κ1) is 21.1. The van der Waals surface area contributed by atoms with Gasteiger partial charge in [0.15, 0.2) is 11.6 Å². The smallest absolute Gasteiger partial charge is 0.267 e. The van der Waals surface area contributed by atoms with Crippen molar-refractivity contribution in [2.45, 2.75) is 13.5 Å². The van der Waals surface area contributed by atoms with E-state index in [1.54, 1.807) is 35.4 Å². The molecule has 0 fully saturated rings. The zero-order chi connectivity index (χ0) is 22.8. The lowest BCUT2D eigenvalue weighted by atomic mass is 10.3. The molecule has 0 saturated heterocycles. The highest BCUT2D eigenvalue weighted by atomic mass is 35.5. The molecule has 1 N–H and O–H groups in total. The van der Waals surface area contributed by atoms with Crippen molar-refractivity contribution in [1.82, 2.24) is 19.7 Å². The van der Waals surface area contributed by atoms with Crippen LogP contribution >= 0.6 is 22.9 Å². The molecule has 33 heavy (non-hydrogen) atoms. The molecule has 0 aliphatic carbocycles. The van der Waals surface area contributed by atoms with Gasteiger partial charge in [0.2, 0.25) is 0 Å². The van der Waals surface area contributed by atoms with Gasteiger partial charge in [-0.2, -0.15) is 5.10 Å². The number of para-hydroxylation sites is 1. The molecule has 164 valence electrons. The van der Waals surface area contributed by atoms with Gasteiger partial charge in [-0.1, -0.05) is 23.7 Å². The SMILES string of the molecule is Cc1nn(-c2ccccc2Cl)c2sc(C(=O)Nc3ncccc3OCc3ccncc3)cc12. The molecule has 4 heterocycles. The number of aryl methyl sites for hydroxylation is 1. The summed E-state index contributed by atoms with van der Waals surface area (Å²) in [4.78, 5) is 22.8. The number of hydrogen-bond donors (Lipinski definition) is 1. The average Bonchev–Trinajstić information content (AvgIpc) is 3.40. The summed E-state index contributed by atoms with van der Waals surface area (Å²) in [6, 6.07) is 16.6. The maximum atomic E-state index is 13.1. The van der Waals surface area contributed by atoms with Gasteiger partial charge in [-0.05, 0) is 55.0 Å². The van der Waals surface area contributed by atoms with Crippen LogP contribution in [0.2, 0.25) is 5.02 Å². The molecule has 0 aliphatic rings. The van der Waals surface area contributed by atoms with Crippen molar-refractivity contribution in [3.63, 3.8) is 0 Å². The maximum absolute atomic E-state index is 13.1. The van der Waals surface area contributed by atoms with Crippen LogP contribution in [0.4, 0.5) is 5.82 Å². The van der Waals surface area contributed by atoms with E-state index < -0.39 is 0 Å². The molecular formula is C24H18ClN5O2S. The third-order valence-electron chi connectivity index (χ3n) is 5.00. The number of fused-ring (bicyclic) bond motifs is 1. The van der Waals surface area contributed by atoms with Crippen LogP contribution in [0.25, 0.3) is 15.9 Å². The monoisotopic (exact) mass is 475 g/mol. The van der Waals surface area contributed by atoms with E-state index in [4.69, 9.17) is 16.3 Å². The van der Waals surface area contributed by atoms with Crippen molar-refractivity contribution < 1.29 is 9.53 Å². The Morgan fingerprint density at radius 1 is 1.12 bits per heavy atom. The van der Waals surface area contributed by atoms with Crippen LogP contribution in [-0.4, -0.2) is 25.7 Å². The van der Waals surface area contributed by atoms with Crippen molar-refractivity contribution in [3.05, 3.63) is 94.3 Å². The maximum Gasteiger partial charge on any atom is 0.267 e. The first-order valence-corrected chi connectivity index (χ1v) is 11.3. The van der Waals surface area contributed by atoms with Gasteiger partial charge < -0.3 is 10.1 Å². The highest BCUT2D eigenvalue weighted by Crippen LogP contribution is 2.33. The number of hydrogen-bond acceptors (Lipinski definition) is 6. The normalized spacial score (nSPS) is 11.0. The fraction of sp³-hybridized carbons (Fsp3) is 0.0833. The number of ether oxygens (including phenoxy) is 1. The molecule has 0 unspecified atom stereocenters. The van der Waals surface area contributed by atoms with E-state index in [9.17, 15) is 4.79 Å². The summed E-state index contributed by atoms with van der Waals surface area (Å²) in [7, 11) is 0. The number of pyridine rings is 2. The van der Waals surface area contributed by atoms with Gasteiger partial charge in [-0.3, -0.25) is 9.78 Å². The van der Waals surface area contributed by atoms with Crippen molar-refractivity contribution in [3.8, 4) is 11.4 Å². The highest BCUT2D eigenvalue weighted by molar-refractivity contribution is 7.20. The van der Waals surface area contributed by atoms with E-state index >= 15 is 0 Å². The Morgan fingerprint density at radius 2 is 1.94 bits per heavy atom. The second kappa shape index (κ2) is 9.01. The molecule has 5 rings (SSSR count). The second-order valence-corrected chi connectivity index (χ2v) is 8.66. The summed E-state index contributed by atoms with van der Waals surface area (Å²) in [5, 5.41) is 8.97. The molecule has 1 amide bonds. The van der Waals surface area contributed by atoms with Gasteiger partial charge >= 0.3 is 0 Å². The minimum Gasteiger partial charge on any atom is -0.485 e. The van der Waals surface area contributed by atoms with Gasteiger partial charge in [-0.25, -0.2) is 9.67 Å². The van der Waals surface area contributed by atoms with E-state index in [0.29, 0.717) is 28.1 Å². The molecule has 5 aromatic rings. The summed E-state index contributed by atoms with van der Waals surface area (Å²) < 4.78 is 7.66. The van der Waals surface area contributed by atoms with Crippen LogP contribution in [0.5, 0.6) is 5.75 Å². The number of thiophene rings is 1. The number of aromatic nitrogens is 4. The van der Waals surface area contributed by atoms with E-state index in [1.165, 1.54) is 11.3 Å². The Balaban J connectivity index is 1.40. The zero-order valence-corrected chi connectivity index (χ0v) is 19.1. The van der Waals surface area contributed by atoms with Crippen LogP contribution < -0.4 is 10.1 Å². The van der Waals surface area contributed by atoms with Crippen LogP contribution in [0.15, 0.2) is 73.2 Å². The van der Waals surface area contributed by atoms with Gasteiger partial charge in [0.25, 0.3) is 5.91 Å². The molecule has 0 atom stereocenters. The van der Waals surface area contributed by atoms with Gasteiger partial charge in [0.05, 0.1) is 21.3 Å². The molecule has 0 aliphatic heterocycles. The standard InChI is InChI=1S/C24H18ClN5O2S/c1-15-17-13-21(33-24(17)30(29-15)19-6-3-2-5-18(19)25)23(31)28-22-20(7-4-10-27-22)32-14-16-8-11-26-12-9-16/h2-13H,14H2,1H3,(H,27,28,31). The van der Waals surface area contributed by atoms with E-state index in [-0.39, 0.29) is 5.91 Å². The first-order valence-electron chi connectivity index (χ1n) is 10.1. The van der Waals surface area contributed by atoms with Gasteiger partial charge in [0, 0.05) is 24.0 Å². The third-order valence-corrected chi connectivity index (χ3v) is 6.42. The average molecular weight is 476 g/mol. The Labute approximate surface area is 198 Å². The quantitative estimate of drug-likeness (QED) is 0.342. The van der Waals surface area contributed by atoms with Gasteiger partial charge in [0.1, 0.15) is 11.4 Å². The van der Waals surface area contributed by atoms with Crippen molar-refractivity contribution >= 4 is 44.9 Å². The molecule has 0 saturated carbocycles. The first-order chi connectivity index (χ1) is 16.1. The predicted octanol–water partition coefficient (Wildman–Crippen LogP) is 5.67. The lowest BCUT2D eigenvalue weighted by Gasteiger charge is -2.11. The summed E-state index contributed by atoms with van der Waals surface area (Å²) in [6.45, 7) is 2.25. The molecule has 0 radical (unpaired) electrons. The number of anilines is 1. The number of benzene rings is 1. The van der Waals surface area contributed by atoms with E-state index in [0.717, 1.165) is 27.2 Å². The Hall–Kier alpha value is -3.75. The lowest BCUT2D eigenvalue weighted by Crippen LogP contribution is -2.12. The number of nitrogens with zero attached hydrogens (tertiary/aromatic N) is 4. The number of carbonyl (C=O) groups is 1. The molecule has 0 bridgehead atoms. The van der Waals surface area contributed by atoms with Crippen LogP contribution in [-0.2, 0) is 6.61 Å². The van der Waals surface area contributed by atoms with Crippen LogP contribution in [0.3, 0.4) is 0 Å². The zero-order valence-electron chi connectivity index (χ0n) is 17.5. The second-order valence-electron chi connectivity index (χ2n) is 7.23. The number of amides is 1. The van der Waals surface area contributed by atoms with E-state index in [2.05, 4.69) is 20.4 Å². The summed E-state index contributed by atoms with van der Waals surface area (Å²) >= 11 is 7.72. The summed E-state index contributed by atoms with van der Waals surface area (Å²) in [5.41, 5.74) is 2.55. The largest absolute Gasteiger partial charge is 0.485 e. The molecule has 0 spiro atoms. The van der Waals surface area contributed by atoms with Crippen LogP contribution in [0.1, 0.15) is 20.9 Å². The van der Waals surface area contributed by atoms with Gasteiger partial charge in [-0.15, -0.1) is 11.3 Å². The topological polar surface area (TPSA) is 81.9 Å². The number of rotatable bonds is 6. The van der Waals surface area contributed by atoms with Crippen molar-refractivity contribution in [1.29, 1.82) is 0 Å². The fourth-order valence-corrected chi connectivity index (χ4v) is 4.64. The Kier molecular flexibility index (Phi) is 5.77.